The second kappa shape index (κ2) is 3.97. The Morgan fingerprint density at radius 1 is 1.46 bits per heavy atom. The maximum atomic E-state index is 9.84. The first kappa shape index (κ1) is 11.0. The molecule has 13 heavy (non-hydrogen) atoms. The van der Waals surface area contributed by atoms with Gasteiger partial charge >= 0.3 is 0 Å². The molecule has 0 aromatic rings. The number of likely N-dealkylation sites (tertiary alicyclic amines) is 1. The van der Waals surface area contributed by atoms with Crippen LogP contribution in [-0.2, 0) is 0 Å². The first-order valence-electron chi connectivity index (χ1n) is 5.34. The van der Waals surface area contributed by atoms with Crippen LogP contribution in [0.3, 0.4) is 0 Å². The van der Waals surface area contributed by atoms with Gasteiger partial charge in [-0.25, -0.2) is 0 Å². The van der Waals surface area contributed by atoms with Crippen LogP contribution < -0.4 is 0 Å². The molecule has 0 aliphatic carbocycles. The summed E-state index contributed by atoms with van der Waals surface area (Å²) in [6, 6.07) is 0. The van der Waals surface area contributed by atoms with Crippen LogP contribution in [0.2, 0.25) is 0 Å². The zero-order valence-corrected chi connectivity index (χ0v) is 9.38. The highest BCUT2D eigenvalue weighted by molar-refractivity contribution is 4.86. The van der Waals surface area contributed by atoms with E-state index < -0.39 is 5.60 Å². The molecule has 0 aromatic carbocycles. The number of rotatable bonds is 3. The van der Waals surface area contributed by atoms with Gasteiger partial charge in [0, 0.05) is 19.0 Å². The third-order valence-electron chi connectivity index (χ3n) is 2.89. The molecule has 0 aromatic heterocycles. The molecule has 0 radical (unpaired) electrons. The van der Waals surface area contributed by atoms with Crippen molar-refractivity contribution in [1.82, 2.24) is 4.90 Å². The maximum Gasteiger partial charge on any atom is 0.0632 e. The number of hydrogen-bond donors (Lipinski definition) is 1. The number of nitrogens with zero attached hydrogens (tertiary/aromatic N) is 1. The first-order chi connectivity index (χ1) is 5.89. The van der Waals surface area contributed by atoms with E-state index in [-0.39, 0.29) is 0 Å². The summed E-state index contributed by atoms with van der Waals surface area (Å²) in [5, 5.41) is 9.84. The van der Waals surface area contributed by atoms with Crippen LogP contribution in [0.4, 0.5) is 0 Å². The summed E-state index contributed by atoms with van der Waals surface area (Å²) in [5.41, 5.74) is -0.494. The third-order valence-corrected chi connectivity index (χ3v) is 2.89. The van der Waals surface area contributed by atoms with Gasteiger partial charge in [0.05, 0.1) is 5.60 Å². The van der Waals surface area contributed by atoms with Crippen molar-refractivity contribution in [1.29, 1.82) is 0 Å². The highest BCUT2D eigenvalue weighted by atomic mass is 16.3. The molecule has 1 fully saturated rings. The number of hydrogen-bond acceptors (Lipinski definition) is 2. The molecule has 1 unspecified atom stereocenters. The Kier molecular flexibility index (Phi) is 3.36. The molecule has 0 spiro atoms. The normalized spacial score (nSPS) is 25.8. The van der Waals surface area contributed by atoms with E-state index in [4.69, 9.17) is 0 Å². The predicted molar refractivity (Wildman–Crippen MR) is 55.7 cm³/mol. The molecule has 0 amide bonds. The van der Waals surface area contributed by atoms with Crippen LogP contribution in [0, 0.1) is 11.8 Å². The van der Waals surface area contributed by atoms with Crippen molar-refractivity contribution in [2.75, 3.05) is 19.6 Å². The van der Waals surface area contributed by atoms with E-state index in [0.717, 1.165) is 25.4 Å². The second-order valence-corrected chi connectivity index (χ2v) is 5.29. The van der Waals surface area contributed by atoms with Gasteiger partial charge in [0.1, 0.15) is 0 Å². The zero-order chi connectivity index (χ0) is 10.1. The summed E-state index contributed by atoms with van der Waals surface area (Å²) < 4.78 is 0. The molecule has 1 heterocycles. The van der Waals surface area contributed by atoms with E-state index in [1.807, 2.05) is 13.8 Å². The van der Waals surface area contributed by atoms with Crippen LogP contribution in [-0.4, -0.2) is 35.2 Å². The molecule has 1 aliphatic rings. The Hall–Kier alpha value is -0.0800. The molecule has 0 bridgehead atoms. The monoisotopic (exact) mass is 185 g/mol. The standard InChI is InChI=1S/C11H23NO/c1-9(2)7-12-6-5-10(8-12)11(3,4)13/h9-10,13H,5-8H2,1-4H3. The summed E-state index contributed by atoms with van der Waals surface area (Å²) >= 11 is 0. The van der Waals surface area contributed by atoms with Gasteiger partial charge in [-0.05, 0) is 32.7 Å². The van der Waals surface area contributed by atoms with E-state index in [2.05, 4.69) is 18.7 Å². The molecular formula is C11H23NO. The number of aliphatic hydroxyl groups is 1. The van der Waals surface area contributed by atoms with Gasteiger partial charge in [-0.3, -0.25) is 0 Å². The van der Waals surface area contributed by atoms with Crippen molar-refractivity contribution < 1.29 is 5.11 Å². The van der Waals surface area contributed by atoms with Gasteiger partial charge in [0.2, 0.25) is 0 Å². The van der Waals surface area contributed by atoms with Crippen molar-refractivity contribution in [2.24, 2.45) is 11.8 Å². The lowest BCUT2D eigenvalue weighted by Gasteiger charge is -2.26. The Morgan fingerprint density at radius 2 is 2.08 bits per heavy atom. The summed E-state index contributed by atoms with van der Waals surface area (Å²) in [7, 11) is 0. The Morgan fingerprint density at radius 3 is 2.46 bits per heavy atom. The third kappa shape index (κ3) is 3.28. The summed E-state index contributed by atoms with van der Waals surface area (Å²) in [6.07, 6.45) is 1.15. The molecule has 78 valence electrons. The largest absolute Gasteiger partial charge is 0.390 e. The lowest BCUT2D eigenvalue weighted by Crippen LogP contribution is -2.34. The molecule has 1 atom stereocenters. The molecule has 1 rings (SSSR count). The quantitative estimate of drug-likeness (QED) is 0.724. The lowest BCUT2D eigenvalue weighted by atomic mass is 9.90. The van der Waals surface area contributed by atoms with Crippen molar-refractivity contribution in [3.63, 3.8) is 0 Å². The summed E-state index contributed by atoms with van der Waals surface area (Å²) in [5.74, 6) is 1.20. The lowest BCUT2D eigenvalue weighted by molar-refractivity contribution is 0.0207. The SMILES string of the molecule is CC(C)CN1CCC(C(C)(C)O)C1. The van der Waals surface area contributed by atoms with Crippen molar-refractivity contribution in [3.05, 3.63) is 0 Å². The predicted octanol–water partition coefficient (Wildman–Crippen LogP) is 1.74. The van der Waals surface area contributed by atoms with Gasteiger partial charge in [0.25, 0.3) is 0 Å². The van der Waals surface area contributed by atoms with Gasteiger partial charge in [-0.15, -0.1) is 0 Å². The van der Waals surface area contributed by atoms with E-state index in [0.29, 0.717) is 5.92 Å². The minimum Gasteiger partial charge on any atom is -0.390 e. The first-order valence-corrected chi connectivity index (χ1v) is 5.34. The van der Waals surface area contributed by atoms with Gasteiger partial charge in [-0.2, -0.15) is 0 Å². The minimum absolute atomic E-state index is 0.464. The van der Waals surface area contributed by atoms with Gasteiger partial charge in [-0.1, -0.05) is 13.8 Å². The van der Waals surface area contributed by atoms with Crippen molar-refractivity contribution in [3.8, 4) is 0 Å². The van der Waals surface area contributed by atoms with E-state index in [1.54, 1.807) is 0 Å². The molecule has 2 heteroatoms. The zero-order valence-electron chi connectivity index (χ0n) is 9.38. The van der Waals surface area contributed by atoms with E-state index in [1.165, 1.54) is 6.54 Å². The van der Waals surface area contributed by atoms with Crippen LogP contribution in [0.1, 0.15) is 34.1 Å². The topological polar surface area (TPSA) is 23.5 Å². The molecule has 1 N–H and O–H groups in total. The van der Waals surface area contributed by atoms with Gasteiger partial charge < -0.3 is 10.0 Å². The summed E-state index contributed by atoms with van der Waals surface area (Å²) in [6.45, 7) is 11.8. The fourth-order valence-electron chi connectivity index (χ4n) is 2.09. The molecule has 2 nitrogen and oxygen atoms in total. The highest BCUT2D eigenvalue weighted by Crippen LogP contribution is 2.27. The smallest absolute Gasteiger partial charge is 0.0632 e. The second-order valence-electron chi connectivity index (χ2n) is 5.29. The molecular weight excluding hydrogens is 162 g/mol. The molecule has 0 saturated carbocycles. The van der Waals surface area contributed by atoms with Crippen LogP contribution in [0.5, 0.6) is 0 Å². The average Bonchev–Trinajstić information content (AvgIpc) is 2.32. The maximum absolute atomic E-state index is 9.84. The fraction of sp³-hybridized carbons (Fsp3) is 1.00. The Bertz CT molecular complexity index is 160. The van der Waals surface area contributed by atoms with Crippen LogP contribution in [0.15, 0.2) is 0 Å². The summed E-state index contributed by atoms with van der Waals surface area (Å²) in [4.78, 5) is 2.47. The highest BCUT2D eigenvalue weighted by Gasteiger charge is 2.33. The van der Waals surface area contributed by atoms with E-state index >= 15 is 0 Å². The molecule has 1 saturated heterocycles. The Balaban J connectivity index is 2.36. The van der Waals surface area contributed by atoms with Crippen LogP contribution >= 0.6 is 0 Å². The van der Waals surface area contributed by atoms with E-state index in [9.17, 15) is 5.11 Å². The van der Waals surface area contributed by atoms with Crippen LogP contribution in [0.25, 0.3) is 0 Å². The van der Waals surface area contributed by atoms with Crippen molar-refractivity contribution in [2.45, 2.75) is 39.7 Å². The molecule has 1 aliphatic heterocycles. The van der Waals surface area contributed by atoms with Gasteiger partial charge in [0.15, 0.2) is 0 Å². The minimum atomic E-state index is -0.494. The van der Waals surface area contributed by atoms with Crippen molar-refractivity contribution >= 4 is 0 Å². The average molecular weight is 185 g/mol. The fourth-order valence-corrected chi connectivity index (χ4v) is 2.09. The Labute approximate surface area is 81.9 Å².